The average molecular weight is 367 g/mol. The van der Waals surface area contributed by atoms with E-state index in [4.69, 9.17) is 0 Å². The molecular weight excluding hydrogens is 350 g/mol. The Labute approximate surface area is 155 Å². The number of hydrogen-bond donors (Lipinski definition) is 1. The molecule has 26 heavy (non-hydrogen) atoms. The summed E-state index contributed by atoms with van der Waals surface area (Å²) < 4.78 is 0. The van der Waals surface area contributed by atoms with Gasteiger partial charge in [0.05, 0.1) is 4.91 Å². The molecule has 2 heterocycles. The molecule has 0 aliphatic carbocycles. The van der Waals surface area contributed by atoms with Crippen LogP contribution in [0.5, 0.6) is 0 Å². The van der Waals surface area contributed by atoms with Crippen molar-refractivity contribution in [3.05, 3.63) is 70.4 Å². The van der Waals surface area contributed by atoms with Crippen LogP contribution in [0.1, 0.15) is 21.7 Å². The van der Waals surface area contributed by atoms with Gasteiger partial charge in [-0.2, -0.15) is 0 Å². The van der Waals surface area contributed by atoms with E-state index in [1.54, 1.807) is 31.2 Å². The van der Waals surface area contributed by atoms with Crippen molar-refractivity contribution in [2.75, 3.05) is 13.1 Å². The van der Waals surface area contributed by atoms with Gasteiger partial charge in [-0.15, -0.1) is 0 Å². The van der Waals surface area contributed by atoms with Crippen LogP contribution in [0.3, 0.4) is 0 Å². The maximum Gasteiger partial charge on any atom is 0.293 e. The third-order valence-electron chi connectivity index (χ3n) is 3.71. The first-order chi connectivity index (χ1) is 12.5. The van der Waals surface area contributed by atoms with E-state index in [0.29, 0.717) is 10.6 Å². The lowest BCUT2D eigenvalue weighted by Gasteiger charge is -2.12. The van der Waals surface area contributed by atoms with Crippen molar-refractivity contribution < 1.29 is 14.4 Å². The zero-order valence-electron chi connectivity index (χ0n) is 14.1. The van der Waals surface area contributed by atoms with Gasteiger partial charge in [0.15, 0.2) is 0 Å². The smallest absolute Gasteiger partial charge is 0.293 e. The second kappa shape index (κ2) is 7.97. The van der Waals surface area contributed by atoms with E-state index in [1.807, 2.05) is 30.3 Å². The first kappa shape index (κ1) is 17.9. The number of carbonyl (C=O) groups excluding carboxylic acids is 3. The van der Waals surface area contributed by atoms with Gasteiger partial charge >= 0.3 is 0 Å². The highest BCUT2D eigenvalue weighted by molar-refractivity contribution is 8.18. The number of carbonyl (C=O) groups is 3. The zero-order valence-corrected chi connectivity index (χ0v) is 15.0. The monoisotopic (exact) mass is 367 g/mol. The van der Waals surface area contributed by atoms with E-state index in [0.717, 1.165) is 27.9 Å². The quantitative estimate of drug-likeness (QED) is 0.822. The van der Waals surface area contributed by atoms with E-state index in [-0.39, 0.29) is 30.1 Å². The summed E-state index contributed by atoms with van der Waals surface area (Å²) in [5, 5.41) is 2.35. The maximum atomic E-state index is 12.4. The first-order valence-corrected chi connectivity index (χ1v) is 8.88. The Balaban J connectivity index is 1.58. The van der Waals surface area contributed by atoms with Crippen molar-refractivity contribution in [1.82, 2.24) is 15.2 Å². The van der Waals surface area contributed by atoms with Crippen molar-refractivity contribution in [3.63, 3.8) is 0 Å². The summed E-state index contributed by atoms with van der Waals surface area (Å²) in [6.45, 7) is 2.09. The largest absolute Gasteiger partial charge is 0.349 e. The van der Waals surface area contributed by atoms with Gasteiger partial charge in [-0.1, -0.05) is 36.4 Å². The van der Waals surface area contributed by atoms with Crippen molar-refractivity contribution in [2.45, 2.75) is 6.92 Å². The van der Waals surface area contributed by atoms with Crippen molar-refractivity contribution in [2.24, 2.45) is 0 Å². The number of amides is 3. The molecule has 1 aliphatic heterocycles. The summed E-state index contributed by atoms with van der Waals surface area (Å²) in [6, 6.07) is 14.5. The molecule has 0 unspecified atom stereocenters. The summed E-state index contributed by atoms with van der Waals surface area (Å²) in [4.78, 5) is 42.2. The molecule has 3 amide bonds. The summed E-state index contributed by atoms with van der Waals surface area (Å²) in [5.74, 6) is -0.674. The predicted molar refractivity (Wildman–Crippen MR) is 100 cm³/mol. The van der Waals surface area contributed by atoms with Crippen LogP contribution in [-0.4, -0.2) is 40.0 Å². The van der Waals surface area contributed by atoms with E-state index in [2.05, 4.69) is 10.3 Å². The highest BCUT2D eigenvalue weighted by Crippen LogP contribution is 2.31. The number of thioether (sulfide) groups is 1. The summed E-state index contributed by atoms with van der Waals surface area (Å²) in [7, 11) is 0. The predicted octanol–water partition coefficient (Wildman–Crippen LogP) is 2.86. The lowest BCUT2D eigenvalue weighted by Crippen LogP contribution is -2.37. The minimum absolute atomic E-state index is 0.119. The molecule has 1 aromatic heterocycles. The Morgan fingerprint density at radius 1 is 1.15 bits per heavy atom. The number of benzene rings is 1. The number of rotatable bonds is 5. The maximum absolute atomic E-state index is 12.4. The van der Waals surface area contributed by atoms with Gasteiger partial charge in [-0.05, 0) is 42.5 Å². The molecule has 3 rings (SSSR count). The van der Waals surface area contributed by atoms with Gasteiger partial charge in [0.25, 0.3) is 17.1 Å². The Morgan fingerprint density at radius 3 is 2.65 bits per heavy atom. The number of aromatic nitrogens is 1. The average Bonchev–Trinajstić information content (AvgIpc) is 2.90. The highest BCUT2D eigenvalue weighted by Gasteiger charge is 2.34. The van der Waals surface area contributed by atoms with Crippen molar-refractivity contribution in [3.8, 4) is 0 Å². The van der Waals surface area contributed by atoms with E-state index in [1.165, 1.54) is 0 Å². The van der Waals surface area contributed by atoms with E-state index in [9.17, 15) is 14.4 Å². The highest BCUT2D eigenvalue weighted by atomic mass is 32.2. The Morgan fingerprint density at radius 2 is 1.92 bits per heavy atom. The van der Waals surface area contributed by atoms with Crippen LogP contribution in [0.2, 0.25) is 0 Å². The molecule has 2 aromatic rings. The molecule has 0 radical (unpaired) electrons. The van der Waals surface area contributed by atoms with Crippen LogP contribution < -0.4 is 5.32 Å². The third-order valence-corrected chi connectivity index (χ3v) is 4.62. The molecule has 7 heteroatoms. The molecule has 1 aromatic carbocycles. The van der Waals surface area contributed by atoms with Crippen LogP contribution in [-0.2, 0) is 4.79 Å². The topological polar surface area (TPSA) is 79.4 Å². The number of hydrogen-bond acceptors (Lipinski definition) is 5. The molecule has 0 bridgehead atoms. The number of pyridine rings is 1. The zero-order chi connectivity index (χ0) is 18.5. The SMILES string of the molecule is Cc1cccc(C(=O)NCCN2C(=O)S/C(=C/c3ccccc3)C2=O)n1. The van der Waals surface area contributed by atoms with Crippen LogP contribution in [0, 0.1) is 6.92 Å². The molecular formula is C19H17N3O3S. The fourth-order valence-corrected chi connectivity index (χ4v) is 3.30. The standard InChI is InChI=1S/C19H17N3O3S/c1-13-6-5-9-15(21-13)17(23)20-10-11-22-18(24)16(26-19(22)25)12-14-7-3-2-4-8-14/h2-9,12H,10-11H2,1H3,(H,20,23)/b16-12+. The van der Waals surface area contributed by atoms with Crippen LogP contribution in [0.4, 0.5) is 4.79 Å². The number of imide groups is 1. The molecule has 0 saturated carbocycles. The number of aryl methyl sites for hydroxylation is 1. The van der Waals surface area contributed by atoms with Crippen LogP contribution >= 0.6 is 11.8 Å². The van der Waals surface area contributed by atoms with Gasteiger partial charge in [0.2, 0.25) is 0 Å². The Kier molecular flexibility index (Phi) is 5.48. The Hall–Kier alpha value is -2.93. The van der Waals surface area contributed by atoms with Gasteiger partial charge in [0.1, 0.15) is 5.69 Å². The first-order valence-electron chi connectivity index (χ1n) is 8.07. The Bertz CT molecular complexity index is 881. The molecule has 1 fully saturated rings. The van der Waals surface area contributed by atoms with Gasteiger partial charge in [-0.3, -0.25) is 19.3 Å². The number of nitrogens with zero attached hydrogens (tertiary/aromatic N) is 2. The molecule has 6 nitrogen and oxygen atoms in total. The minimum atomic E-state index is -0.341. The number of nitrogens with one attached hydrogen (secondary N) is 1. The third kappa shape index (κ3) is 4.18. The van der Waals surface area contributed by atoms with Crippen LogP contribution in [0.15, 0.2) is 53.4 Å². The lowest BCUT2D eigenvalue weighted by molar-refractivity contribution is -0.122. The van der Waals surface area contributed by atoms with Gasteiger partial charge in [0, 0.05) is 18.8 Å². The molecule has 132 valence electrons. The second-order valence-corrected chi connectivity index (χ2v) is 6.66. The molecule has 0 spiro atoms. The molecule has 1 N–H and O–H groups in total. The van der Waals surface area contributed by atoms with Crippen LogP contribution in [0.25, 0.3) is 6.08 Å². The van der Waals surface area contributed by atoms with Gasteiger partial charge in [-0.25, -0.2) is 4.98 Å². The molecule has 1 saturated heterocycles. The van der Waals surface area contributed by atoms with E-state index < -0.39 is 0 Å². The van der Waals surface area contributed by atoms with Gasteiger partial charge < -0.3 is 5.32 Å². The summed E-state index contributed by atoms with van der Waals surface area (Å²) in [6.07, 6.45) is 1.69. The summed E-state index contributed by atoms with van der Waals surface area (Å²) in [5.41, 5.74) is 1.91. The fourth-order valence-electron chi connectivity index (χ4n) is 2.43. The van der Waals surface area contributed by atoms with E-state index >= 15 is 0 Å². The molecule has 1 aliphatic rings. The second-order valence-electron chi connectivity index (χ2n) is 5.66. The summed E-state index contributed by atoms with van der Waals surface area (Å²) >= 11 is 0.907. The lowest BCUT2D eigenvalue weighted by atomic mass is 10.2. The molecule has 0 atom stereocenters. The van der Waals surface area contributed by atoms with Crippen molar-refractivity contribution in [1.29, 1.82) is 0 Å². The van der Waals surface area contributed by atoms with Crippen molar-refractivity contribution >= 4 is 34.9 Å². The minimum Gasteiger partial charge on any atom is -0.349 e. The normalized spacial score (nSPS) is 15.6. The fraction of sp³-hybridized carbons (Fsp3) is 0.158.